The van der Waals surface area contributed by atoms with Crippen LogP contribution >= 0.6 is 12.2 Å². The van der Waals surface area contributed by atoms with Crippen molar-refractivity contribution in [1.29, 1.82) is 0 Å². The average Bonchev–Trinajstić information content (AvgIpc) is 2.90. The first kappa shape index (κ1) is 19.5. The van der Waals surface area contributed by atoms with Crippen molar-refractivity contribution in [2.75, 3.05) is 7.05 Å². The second kappa shape index (κ2) is 7.05. The van der Waals surface area contributed by atoms with Crippen LogP contribution in [0.4, 0.5) is 0 Å². The number of hydrogen-bond donors (Lipinski definition) is 2. The van der Waals surface area contributed by atoms with E-state index >= 15 is 0 Å². The van der Waals surface area contributed by atoms with Crippen molar-refractivity contribution in [3.05, 3.63) is 57.9 Å². The fourth-order valence-corrected chi connectivity index (χ4v) is 3.36. The van der Waals surface area contributed by atoms with Crippen molar-refractivity contribution in [3.63, 3.8) is 0 Å². The number of aromatic carboxylic acids is 1. The number of likely N-dealkylation sites (N-methyl/N-ethyl adjacent to an activating group) is 1. The molecule has 1 fully saturated rings. The zero-order valence-electron chi connectivity index (χ0n) is 15.9. The molecule has 1 aromatic carbocycles. The molecule has 28 heavy (non-hydrogen) atoms. The van der Waals surface area contributed by atoms with Gasteiger partial charge >= 0.3 is 5.97 Å². The third-order valence-corrected chi connectivity index (χ3v) is 5.15. The molecule has 2 heterocycles. The molecule has 0 spiro atoms. The number of nitrogens with one attached hydrogen (secondary N) is 1. The summed E-state index contributed by atoms with van der Waals surface area (Å²) < 4.78 is 1.91. The van der Waals surface area contributed by atoms with E-state index in [1.54, 1.807) is 18.2 Å². The van der Waals surface area contributed by atoms with Gasteiger partial charge in [0.1, 0.15) is 5.57 Å². The lowest BCUT2D eigenvalue weighted by Crippen LogP contribution is -2.52. The van der Waals surface area contributed by atoms with Gasteiger partial charge in [0.2, 0.25) is 0 Å². The van der Waals surface area contributed by atoms with E-state index in [1.165, 1.54) is 18.0 Å². The topological polar surface area (TPSA) is 91.6 Å². The van der Waals surface area contributed by atoms with E-state index in [2.05, 4.69) is 5.32 Å². The maximum absolute atomic E-state index is 12.4. The molecule has 1 aromatic heterocycles. The Labute approximate surface area is 167 Å². The Kier molecular flexibility index (Phi) is 4.91. The normalized spacial score (nSPS) is 15.9. The molecule has 0 unspecified atom stereocenters. The summed E-state index contributed by atoms with van der Waals surface area (Å²) in [7, 11) is 1.50. The second-order valence-corrected chi connectivity index (χ2v) is 7.04. The minimum atomic E-state index is -1.01. The maximum atomic E-state index is 12.4. The highest BCUT2D eigenvalue weighted by Crippen LogP contribution is 2.26. The Hall–Kier alpha value is -3.26. The van der Waals surface area contributed by atoms with Crippen molar-refractivity contribution >= 4 is 41.2 Å². The summed E-state index contributed by atoms with van der Waals surface area (Å²) >= 11 is 4.96. The number of rotatable bonds is 3. The van der Waals surface area contributed by atoms with Gasteiger partial charge in [-0.3, -0.25) is 19.8 Å². The van der Waals surface area contributed by atoms with Crippen LogP contribution in [0.25, 0.3) is 11.8 Å². The Morgan fingerprint density at radius 2 is 1.86 bits per heavy atom. The lowest BCUT2D eigenvalue weighted by molar-refractivity contribution is -0.128. The van der Waals surface area contributed by atoms with E-state index in [-0.39, 0.29) is 16.2 Å². The van der Waals surface area contributed by atoms with Gasteiger partial charge in [0.15, 0.2) is 5.11 Å². The van der Waals surface area contributed by atoms with Gasteiger partial charge in [0.25, 0.3) is 11.8 Å². The van der Waals surface area contributed by atoms with Gasteiger partial charge in [0.05, 0.1) is 5.56 Å². The molecule has 144 valence electrons. The molecule has 2 amide bonds. The van der Waals surface area contributed by atoms with Crippen molar-refractivity contribution in [2.45, 2.75) is 20.8 Å². The van der Waals surface area contributed by atoms with Crippen LogP contribution in [0.2, 0.25) is 0 Å². The Morgan fingerprint density at radius 1 is 1.18 bits per heavy atom. The van der Waals surface area contributed by atoms with Crippen LogP contribution in [0.5, 0.6) is 0 Å². The predicted molar refractivity (Wildman–Crippen MR) is 108 cm³/mol. The van der Waals surface area contributed by atoms with Gasteiger partial charge in [-0.2, -0.15) is 0 Å². The SMILES string of the molecule is Cc1ccc(C(=O)O)cc1-n1c(C)cc(/C=C2\C(=O)NC(=S)N(C)C2=O)c1C. The van der Waals surface area contributed by atoms with Crippen LogP contribution in [0.1, 0.15) is 32.9 Å². The number of benzene rings is 1. The average molecular weight is 397 g/mol. The highest BCUT2D eigenvalue weighted by Gasteiger charge is 2.31. The van der Waals surface area contributed by atoms with Crippen LogP contribution in [-0.2, 0) is 9.59 Å². The quantitative estimate of drug-likeness (QED) is 0.471. The van der Waals surface area contributed by atoms with Crippen LogP contribution in [0.15, 0.2) is 29.8 Å². The van der Waals surface area contributed by atoms with Gasteiger partial charge in [-0.1, -0.05) is 6.07 Å². The van der Waals surface area contributed by atoms with E-state index < -0.39 is 17.8 Å². The number of amides is 2. The summed E-state index contributed by atoms with van der Waals surface area (Å²) in [5.41, 5.74) is 4.14. The van der Waals surface area contributed by atoms with Crippen molar-refractivity contribution in [1.82, 2.24) is 14.8 Å². The van der Waals surface area contributed by atoms with Gasteiger partial charge in [-0.25, -0.2) is 4.79 Å². The predicted octanol–water partition coefficient (Wildman–Crippen LogP) is 2.36. The highest BCUT2D eigenvalue weighted by molar-refractivity contribution is 7.80. The Balaban J connectivity index is 2.13. The molecule has 0 aliphatic carbocycles. The van der Waals surface area contributed by atoms with Crippen molar-refractivity contribution in [2.24, 2.45) is 0 Å². The molecule has 0 atom stereocenters. The van der Waals surface area contributed by atoms with E-state index in [0.29, 0.717) is 5.56 Å². The standard InChI is InChI=1S/C20H19N3O4S/c1-10-5-6-13(19(26)27)9-16(10)23-11(2)7-14(12(23)3)8-15-17(24)21-20(28)22(4)18(15)25/h5-9H,1-4H3,(H,26,27)(H,21,24,28)/b15-8+. The van der Waals surface area contributed by atoms with Crippen molar-refractivity contribution < 1.29 is 19.5 Å². The van der Waals surface area contributed by atoms with Gasteiger partial charge < -0.3 is 9.67 Å². The van der Waals surface area contributed by atoms with Gasteiger partial charge in [-0.15, -0.1) is 0 Å². The van der Waals surface area contributed by atoms with E-state index in [4.69, 9.17) is 12.2 Å². The largest absolute Gasteiger partial charge is 0.478 e. The molecule has 8 heteroatoms. The fourth-order valence-electron chi connectivity index (χ4n) is 3.19. The van der Waals surface area contributed by atoms with Crippen LogP contribution in [0, 0.1) is 20.8 Å². The Bertz CT molecular complexity index is 1080. The summed E-state index contributed by atoms with van der Waals surface area (Å²) in [4.78, 5) is 37.2. The third-order valence-electron chi connectivity index (χ3n) is 4.77. The molecule has 2 aromatic rings. The molecule has 0 saturated carbocycles. The molecule has 1 aliphatic heterocycles. The molecular weight excluding hydrogens is 378 g/mol. The van der Waals surface area contributed by atoms with Crippen molar-refractivity contribution in [3.8, 4) is 5.69 Å². The minimum Gasteiger partial charge on any atom is -0.478 e. The molecule has 1 aliphatic rings. The molecular formula is C20H19N3O4S. The van der Waals surface area contributed by atoms with E-state index in [1.807, 2.05) is 31.4 Å². The molecule has 2 N–H and O–H groups in total. The van der Waals surface area contributed by atoms with Crippen LogP contribution < -0.4 is 5.32 Å². The molecule has 3 rings (SSSR count). The summed E-state index contributed by atoms with van der Waals surface area (Å²) in [6, 6.07) is 6.77. The lowest BCUT2D eigenvalue weighted by Gasteiger charge is -2.25. The molecule has 0 radical (unpaired) electrons. The zero-order chi connectivity index (χ0) is 20.7. The van der Waals surface area contributed by atoms with E-state index in [0.717, 1.165) is 22.6 Å². The first-order chi connectivity index (χ1) is 13.1. The number of thiocarbonyl (C=S) groups is 1. The first-order valence-electron chi connectivity index (χ1n) is 8.50. The number of aryl methyl sites for hydroxylation is 2. The summed E-state index contributed by atoms with van der Waals surface area (Å²) in [5, 5.41) is 11.9. The third kappa shape index (κ3) is 3.22. The number of hydrogen-bond acceptors (Lipinski definition) is 4. The molecule has 1 saturated heterocycles. The zero-order valence-corrected chi connectivity index (χ0v) is 16.7. The maximum Gasteiger partial charge on any atom is 0.335 e. The monoisotopic (exact) mass is 397 g/mol. The number of carboxylic acids is 1. The van der Waals surface area contributed by atoms with Crippen LogP contribution in [0.3, 0.4) is 0 Å². The number of carbonyl (C=O) groups is 3. The number of carboxylic acid groups (broad SMARTS) is 1. The summed E-state index contributed by atoms with van der Waals surface area (Å²) in [6.07, 6.45) is 1.53. The second-order valence-electron chi connectivity index (χ2n) is 6.65. The van der Waals surface area contributed by atoms with Crippen LogP contribution in [-0.4, -0.2) is 44.5 Å². The number of aromatic nitrogens is 1. The first-order valence-corrected chi connectivity index (χ1v) is 8.91. The number of carbonyl (C=O) groups excluding carboxylic acids is 2. The number of nitrogens with zero attached hydrogens (tertiary/aromatic N) is 2. The minimum absolute atomic E-state index is 0.00708. The fraction of sp³-hybridized carbons (Fsp3) is 0.200. The van der Waals surface area contributed by atoms with Gasteiger partial charge in [-0.05, 0) is 68.4 Å². The van der Waals surface area contributed by atoms with E-state index in [9.17, 15) is 19.5 Å². The Morgan fingerprint density at radius 3 is 2.50 bits per heavy atom. The lowest BCUT2D eigenvalue weighted by atomic mass is 10.1. The highest BCUT2D eigenvalue weighted by atomic mass is 32.1. The summed E-state index contributed by atoms with van der Waals surface area (Å²) in [5.74, 6) is -2.01. The summed E-state index contributed by atoms with van der Waals surface area (Å²) in [6.45, 7) is 5.63. The molecule has 7 nitrogen and oxygen atoms in total. The smallest absolute Gasteiger partial charge is 0.335 e. The van der Waals surface area contributed by atoms with Gasteiger partial charge in [0, 0.05) is 24.1 Å². The molecule has 0 bridgehead atoms.